The van der Waals surface area contributed by atoms with E-state index in [1.807, 2.05) is 68.5 Å². The van der Waals surface area contributed by atoms with Crippen LogP contribution >= 0.6 is 0 Å². The van der Waals surface area contributed by atoms with Gasteiger partial charge in [-0.2, -0.15) is 0 Å². The van der Waals surface area contributed by atoms with Gasteiger partial charge in [-0.05, 0) is 68.5 Å². The third-order valence-corrected chi connectivity index (χ3v) is 4.69. The van der Waals surface area contributed by atoms with E-state index in [-0.39, 0.29) is 25.3 Å². The molecule has 2 unspecified atom stereocenters. The molecule has 3 rings (SSSR count). The van der Waals surface area contributed by atoms with Gasteiger partial charge in [-0.3, -0.25) is 9.79 Å². The van der Waals surface area contributed by atoms with E-state index in [1.165, 1.54) is 0 Å². The minimum Gasteiger partial charge on any atom is -0.491 e. The summed E-state index contributed by atoms with van der Waals surface area (Å²) in [6.45, 7) is 11.3. The Bertz CT molecular complexity index is 886. The molecule has 4 heteroatoms. The van der Waals surface area contributed by atoms with Gasteiger partial charge in [-0.25, -0.2) is 0 Å². The molecule has 1 N–H and O–H groups in total. The van der Waals surface area contributed by atoms with E-state index in [9.17, 15) is 4.79 Å². The summed E-state index contributed by atoms with van der Waals surface area (Å²) < 4.78 is 5.68. The molecule has 28 heavy (non-hydrogen) atoms. The van der Waals surface area contributed by atoms with Crippen molar-refractivity contribution in [1.82, 2.24) is 0 Å². The van der Waals surface area contributed by atoms with Crippen LogP contribution in [-0.2, 0) is 4.79 Å². The molecule has 0 bridgehead atoms. The number of rotatable bonds is 8. The second kappa shape index (κ2) is 8.70. The number of carbonyl (C=O) groups excluding carboxylic acids is 1. The van der Waals surface area contributed by atoms with Crippen molar-refractivity contribution < 1.29 is 11.0 Å². The third-order valence-electron chi connectivity index (χ3n) is 4.69. The molecule has 0 saturated heterocycles. The van der Waals surface area contributed by atoms with Gasteiger partial charge in [-0.15, -0.1) is 0 Å². The summed E-state index contributed by atoms with van der Waals surface area (Å²) in [5.41, 5.74) is 3.81. The van der Waals surface area contributed by atoms with E-state index in [1.54, 1.807) is 6.08 Å². The lowest BCUT2D eigenvalue weighted by Crippen LogP contribution is -2.15. The van der Waals surface area contributed by atoms with Crippen LogP contribution in [0.2, 0.25) is 0 Å². The highest BCUT2D eigenvalue weighted by atomic mass is 16.5. The van der Waals surface area contributed by atoms with Crippen LogP contribution in [0.15, 0.2) is 78.0 Å². The number of anilines is 1. The van der Waals surface area contributed by atoms with Crippen LogP contribution < -0.4 is 10.1 Å². The van der Waals surface area contributed by atoms with Gasteiger partial charge in [0.1, 0.15) is 5.75 Å². The molecule has 1 saturated carbocycles. The zero-order valence-corrected chi connectivity index (χ0v) is 16.4. The molecule has 0 radical (unpaired) electrons. The highest BCUT2D eigenvalue weighted by molar-refractivity contribution is 5.95. The quantitative estimate of drug-likeness (QED) is 0.472. The summed E-state index contributed by atoms with van der Waals surface area (Å²) in [7, 11) is 0. The predicted octanol–water partition coefficient (Wildman–Crippen LogP) is 5.73. The average Bonchev–Trinajstić information content (AvgIpc) is 3.48. The molecule has 1 aliphatic carbocycles. The lowest BCUT2D eigenvalue weighted by atomic mass is 10.1. The Balaban J connectivity index is 0.00000300. The van der Waals surface area contributed by atoms with E-state index < -0.39 is 0 Å². The Hall–Kier alpha value is -3.14. The number of hydrogen-bond acceptors (Lipinski definition) is 3. The number of amides is 1. The van der Waals surface area contributed by atoms with Crippen LogP contribution in [0.25, 0.3) is 11.1 Å². The summed E-state index contributed by atoms with van der Waals surface area (Å²) in [4.78, 5) is 16.4. The normalized spacial score (nSPS) is 18.5. The zero-order valence-electron chi connectivity index (χ0n) is 16.4. The maximum Gasteiger partial charge on any atom is 0.228 e. The highest BCUT2D eigenvalue weighted by Crippen LogP contribution is 2.45. The molecule has 1 amide bonds. The summed E-state index contributed by atoms with van der Waals surface area (Å²) in [5.74, 6) is 0.971. The lowest BCUT2D eigenvalue weighted by molar-refractivity contribution is -0.117. The SMILES string of the molecule is C=C/C=C(\N=C)C1CC1C(=O)Nc1ccc(-c2ccc(OC(C)C)cc2)cc1.[HH]. The Labute approximate surface area is 168 Å². The van der Waals surface area contributed by atoms with Crippen molar-refractivity contribution in [3.05, 3.63) is 73.0 Å². The second-order valence-electron chi connectivity index (χ2n) is 7.19. The first-order valence-corrected chi connectivity index (χ1v) is 9.49. The van der Waals surface area contributed by atoms with Crippen molar-refractivity contribution in [2.45, 2.75) is 26.4 Å². The van der Waals surface area contributed by atoms with E-state index in [4.69, 9.17) is 4.74 Å². The molecule has 146 valence electrons. The van der Waals surface area contributed by atoms with Crippen molar-refractivity contribution in [3.63, 3.8) is 0 Å². The molecule has 1 aliphatic rings. The van der Waals surface area contributed by atoms with Gasteiger partial charge < -0.3 is 10.1 Å². The fourth-order valence-electron chi connectivity index (χ4n) is 3.21. The van der Waals surface area contributed by atoms with Crippen molar-refractivity contribution in [3.8, 4) is 16.9 Å². The first-order chi connectivity index (χ1) is 13.5. The number of nitrogens with one attached hydrogen (secondary N) is 1. The molecule has 0 aliphatic heterocycles. The number of aliphatic imine (C=N–C) groups is 1. The maximum absolute atomic E-state index is 12.5. The Morgan fingerprint density at radius 1 is 1.14 bits per heavy atom. The topological polar surface area (TPSA) is 50.7 Å². The number of nitrogens with zero attached hydrogens (tertiary/aromatic N) is 1. The minimum atomic E-state index is -0.0510. The Kier molecular flexibility index (Phi) is 6.09. The van der Waals surface area contributed by atoms with Gasteiger partial charge in [0.05, 0.1) is 6.10 Å². The average molecular weight is 377 g/mol. The maximum atomic E-state index is 12.5. The number of allylic oxidation sites excluding steroid dienone is 3. The van der Waals surface area contributed by atoms with Crippen molar-refractivity contribution >= 4 is 18.3 Å². The Morgan fingerprint density at radius 2 is 1.75 bits per heavy atom. The van der Waals surface area contributed by atoms with Crippen LogP contribution in [0.4, 0.5) is 5.69 Å². The first-order valence-electron chi connectivity index (χ1n) is 9.49. The molecule has 2 aromatic rings. The number of carbonyl (C=O) groups is 1. The molecule has 2 aromatic carbocycles. The fourth-order valence-corrected chi connectivity index (χ4v) is 3.21. The standard InChI is InChI=1S/C24H26N2O2.H2/c1-5-6-23(25-4)21-15-22(21)24(27)26-19-11-7-17(8-12-19)18-9-13-20(14-10-18)28-16(2)3;/h5-14,16,21-22H,1,4,15H2,2-3H3,(H,26,27);1H/b23-6-;. The molecular weight excluding hydrogens is 348 g/mol. The van der Waals surface area contributed by atoms with Crippen molar-refractivity contribution in [2.75, 3.05) is 5.32 Å². The van der Waals surface area contributed by atoms with E-state index in [0.717, 1.165) is 34.7 Å². The van der Waals surface area contributed by atoms with Crippen LogP contribution in [0.1, 0.15) is 21.7 Å². The Morgan fingerprint density at radius 3 is 2.29 bits per heavy atom. The van der Waals surface area contributed by atoms with Gasteiger partial charge in [-0.1, -0.05) is 36.9 Å². The smallest absolute Gasteiger partial charge is 0.228 e. The van der Waals surface area contributed by atoms with Gasteiger partial charge in [0.2, 0.25) is 5.91 Å². The lowest BCUT2D eigenvalue weighted by Gasteiger charge is -2.10. The van der Waals surface area contributed by atoms with Gasteiger partial charge in [0.15, 0.2) is 0 Å². The van der Waals surface area contributed by atoms with Crippen molar-refractivity contribution in [2.24, 2.45) is 16.8 Å². The second-order valence-corrected chi connectivity index (χ2v) is 7.19. The molecule has 1 fully saturated rings. The predicted molar refractivity (Wildman–Crippen MR) is 118 cm³/mol. The zero-order chi connectivity index (χ0) is 20.1. The van der Waals surface area contributed by atoms with Crippen molar-refractivity contribution in [1.29, 1.82) is 0 Å². The number of hydrogen-bond donors (Lipinski definition) is 1. The van der Waals surface area contributed by atoms with Crippen LogP contribution in [0.5, 0.6) is 5.75 Å². The molecule has 0 aromatic heterocycles. The summed E-state index contributed by atoms with van der Waals surface area (Å²) in [6.07, 6.45) is 4.45. The van der Waals surface area contributed by atoms with Crippen LogP contribution in [-0.4, -0.2) is 18.7 Å². The number of benzene rings is 2. The van der Waals surface area contributed by atoms with E-state index in [0.29, 0.717) is 0 Å². The first kappa shape index (κ1) is 19.6. The molecule has 0 spiro atoms. The molecule has 2 atom stereocenters. The van der Waals surface area contributed by atoms with Crippen LogP contribution in [0, 0.1) is 11.8 Å². The van der Waals surface area contributed by atoms with E-state index in [2.05, 4.69) is 23.6 Å². The molecular formula is C24H28N2O2. The van der Waals surface area contributed by atoms with Crippen LogP contribution in [0.3, 0.4) is 0 Å². The van der Waals surface area contributed by atoms with Gasteiger partial charge in [0, 0.05) is 24.6 Å². The van der Waals surface area contributed by atoms with Gasteiger partial charge in [0.25, 0.3) is 0 Å². The monoisotopic (exact) mass is 376 g/mol. The van der Waals surface area contributed by atoms with Gasteiger partial charge >= 0.3 is 0 Å². The highest BCUT2D eigenvalue weighted by Gasteiger charge is 2.45. The minimum absolute atomic E-state index is 0. The summed E-state index contributed by atoms with van der Waals surface area (Å²) in [6, 6.07) is 15.9. The summed E-state index contributed by atoms with van der Waals surface area (Å²) >= 11 is 0. The van der Waals surface area contributed by atoms with E-state index >= 15 is 0 Å². The largest absolute Gasteiger partial charge is 0.491 e. The molecule has 0 heterocycles. The third kappa shape index (κ3) is 4.77. The number of ether oxygens (including phenoxy) is 1. The molecule has 4 nitrogen and oxygen atoms in total. The fraction of sp³-hybridized carbons (Fsp3) is 0.250. The summed E-state index contributed by atoms with van der Waals surface area (Å²) in [5, 5.41) is 2.99.